The first kappa shape index (κ1) is 16.2. The lowest BCUT2D eigenvalue weighted by Gasteiger charge is -2.11. The van der Waals surface area contributed by atoms with Crippen LogP contribution in [0, 0.1) is 0 Å². The predicted molar refractivity (Wildman–Crippen MR) is 92.9 cm³/mol. The summed E-state index contributed by atoms with van der Waals surface area (Å²) in [5.74, 6) is 1.21. The van der Waals surface area contributed by atoms with E-state index in [1.54, 1.807) is 29.9 Å². The molecule has 6 heteroatoms. The van der Waals surface area contributed by atoms with Crippen LogP contribution in [0.5, 0.6) is 5.75 Å². The maximum Gasteiger partial charge on any atom is 0.268 e. The molecule has 3 rings (SSSR count). The molecule has 0 spiro atoms. The van der Waals surface area contributed by atoms with E-state index in [0.717, 1.165) is 12.8 Å². The first-order valence-corrected chi connectivity index (χ1v) is 8.15. The Morgan fingerprint density at radius 3 is 2.71 bits per heavy atom. The smallest absolute Gasteiger partial charge is 0.268 e. The summed E-state index contributed by atoms with van der Waals surface area (Å²) < 4.78 is 12.5. The van der Waals surface area contributed by atoms with Gasteiger partial charge in [0.2, 0.25) is 11.1 Å². The van der Waals surface area contributed by atoms with Crippen molar-refractivity contribution < 1.29 is 9.15 Å². The predicted octanol–water partition coefficient (Wildman–Crippen LogP) is 2.87. The molecule has 1 aromatic carbocycles. The van der Waals surface area contributed by atoms with Crippen LogP contribution in [-0.4, -0.2) is 16.7 Å². The highest BCUT2D eigenvalue weighted by molar-refractivity contribution is 5.88. The summed E-state index contributed by atoms with van der Waals surface area (Å²) >= 11 is 0. The van der Waals surface area contributed by atoms with E-state index in [2.05, 4.69) is 11.9 Å². The van der Waals surface area contributed by atoms with Crippen LogP contribution in [0.15, 0.2) is 32.2 Å². The molecule has 24 heavy (non-hydrogen) atoms. The number of hydrogen-bond donors (Lipinski definition) is 0. The summed E-state index contributed by atoms with van der Waals surface area (Å²) in [5.41, 5.74) is -0.210. The van der Waals surface area contributed by atoms with Crippen LogP contribution in [0.2, 0.25) is 0 Å². The Labute approximate surface area is 138 Å². The molecular formula is C18H20N2O4. The summed E-state index contributed by atoms with van der Waals surface area (Å²) in [5, 5.41) is 0.370. The molecule has 6 nitrogen and oxygen atoms in total. The van der Waals surface area contributed by atoms with Gasteiger partial charge in [0.15, 0.2) is 5.39 Å². The summed E-state index contributed by atoms with van der Waals surface area (Å²) in [6, 6.07) is 4.92. The quantitative estimate of drug-likeness (QED) is 0.673. The van der Waals surface area contributed by atoms with Crippen molar-refractivity contribution in [2.45, 2.75) is 39.7 Å². The molecule has 3 aromatic rings. The fourth-order valence-electron chi connectivity index (χ4n) is 2.80. The van der Waals surface area contributed by atoms with E-state index in [-0.39, 0.29) is 22.1 Å². The van der Waals surface area contributed by atoms with Crippen molar-refractivity contribution in [2.24, 2.45) is 0 Å². The molecule has 0 radical (unpaired) electrons. The Morgan fingerprint density at radius 2 is 2.04 bits per heavy atom. The van der Waals surface area contributed by atoms with Crippen molar-refractivity contribution in [3.05, 3.63) is 44.6 Å². The van der Waals surface area contributed by atoms with Crippen molar-refractivity contribution in [1.29, 1.82) is 0 Å². The molecule has 0 bridgehead atoms. The van der Waals surface area contributed by atoms with Gasteiger partial charge in [-0.1, -0.05) is 20.3 Å². The van der Waals surface area contributed by atoms with Gasteiger partial charge in [0, 0.05) is 19.0 Å². The van der Waals surface area contributed by atoms with Crippen molar-refractivity contribution in [1.82, 2.24) is 9.55 Å². The fraction of sp³-hybridized carbons (Fsp3) is 0.389. The van der Waals surface area contributed by atoms with Crippen LogP contribution in [0.3, 0.4) is 0 Å². The fourth-order valence-corrected chi connectivity index (χ4v) is 2.80. The molecule has 0 aliphatic rings. The minimum atomic E-state index is -0.348. The molecule has 126 valence electrons. The topological polar surface area (TPSA) is 74.3 Å². The average Bonchev–Trinajstić information content (AvgIpc) is 2.60. The molecule has 0 unspecified atom stereocenters. The monoisotopic (exact) mass is 328 g/mol. The molecule has 0 atom stereocenters. The highest BCUT2D eigenvalue weighted by atomic mass is 16.5. The van der Waals surface area contributed by atoms with Crippen molar-refractivity contribution in [3.63, 3.8) is 0 Å². The van der Waals surface area contributed by atoms with Crippen LogP contribution >= 0.6 is 0 Å². The Balaban J connectivity index is 2.38. The lowest BCUT2D eigenvalue weighted by Crippen LogP contribution is -2.29. The van der Waals surface area contributed by atoms with E-state index in [9.17, 15) is 9.59 Å². The molecule has 0 saturated heterocycles. The van der Waals surface area contributed by atoms with Gasteiger partial charge in [0.1, 0.15) is 17.2 Å². The zero-order valence-electron chi connectivity index (χ0n) is 14.1. The van der Waals surface area contributed by atoms with Gasteiger partial charge >= 0.3 is 0 Å². The van der Waals surface area contributed by atoms with E-state index >= 15 is 0 Å². The van der Waals surface area contributed by atoms with Crippen LogP contribution in [-0.2, 0) is 13.0 Å². The number of fused-ring (bicyclic) bond motifs is 2. The molecule has 0 fully saturated rings. The number of unbranched alkanes of at least 4 members (excludes halogenated alkanes) is 1. The van der Waals surface area contributed by atoms with Crippen molar-refractivity contribution in [3.8, 4) is 5.75 Å². The summed E-state index contributed by atoms with van der Waals surface area (Å²) in [6.45, 7) is 4.54. The highest BCUT2D eigenvalue weighted by Gasteiger charge is 2.17. The number of methoxy groups -OCH3 is 1. The van der Waals surface area contributed by atoms with E-state index in [1.807, 2.05) is 6.92 Å². The van der Waals surface area contributed by atoms with E-state index < -0.39 is 0 Å². The van der Waals surface area contributed by atoms with Crippen LogP contribution in [0.1, 0.15) is 32.5 Å². The molecule has 0 saturated carbocycles. The minimum absolute atomic E-state index is 0.0148. The lowest BCUT2D eigenvalue weighted by molar-refractivity contribution is 0.414. The Morgan fingerprint density at radius 1 is 1.25 bits per heavy atom. The third kappa shape index (κ3) is 2.58. The zero-order chi connectivity index (χ0) is 17.3. The van der Waals surface area contributed by atoms with Gasteiger partial charge in [-0.05, 0) is 18.6 Å². The number of hydrogen-bond acceptors (Lipinski definition) is 5. The van der Waals surface area contributed by atoms with Gasteiger partial charge in [-0.3, -0.25) is 14.2 Å². The number of rotatable bonds is 5. The molecule has 2 heterocycles. The second-order valence-electron chi connectivity index (χ2n) is 5.67. The average molecular weight is 328 g/mol. The Bertz CT molecular complexity index is 1020. The first-order valence-electron chi connectivity index (χ1n) is 8.15. The third-order valence-corrected chi connectivity index (χ3v) is 4.13. The van der Waals surface area contributed by atoms with E-state index in [1.165, 1.54) is 0 Å². The van der Waals surface area contributed by atoms with Gasteiger partial charge in [0.05, 0.1) is 12.5 Å². The second-order valence-corrected chi connectivity index (χ2v) is 5.67. The van der Waals surface area contributed by atoms with Gasteiger partial charge in [-0.2, -0.15) is 4.98 Å². The summed E-state index contributed by atoms with van der Waals surface area (Å²) in [4.78, 5) is 30.0. The molecule has 0 aliphatic carbocycles. The van der Waals surface area contributed by atoms with Crippen LogP contribution < -0.4 is 15.7 Å². The molecular weight excluding hydrogens is 308 g/mol. The maximum absolute atomic E-state index is 12.8. The van der Waals surface area contributed by atoms with Gasteiger partial charge in [0.25, 0.3) is 5.56 Å². The largest absolute Gasteiger partial charge is 0.497 e. The standard InChI is InChI=1S/C18H20N2O4/c1-4-6-9-20-14(5-2)19-17-15(18(20)22)16(21)12-8-7-11(23-3)10-13(12)24-17/h7-8,10H,4-6,9H2,1-3H3. The van der Waals surface area contributed by atoms with Crippen molar-refractivity contribution >= 4 is 22.1 Å². The van der Waals surface area contributed by atoms with E-state index in [0.29, 0.717) is 35.5 Å². The van der Waals surface area contributed by atoms with Gasteiger partial charge < -0.3 is 9.15 Å². The highest BCUT2D eigenvalue weighted by Crippen LogP contribution is 2.21. The first-order chi connectivity index (χ1) is 11.6. The normalized spacial score (nSPS) is 11.3. The molecule has 0 amide bonds. The second kappa shape index (κ2) is 6.47. The Kier molecular flexibility index (Phi) is 4.38. The Hall–Kier alpha value is -2.63. The molecule has 0 aliphatic heterocycles. The SMILES string of the molecule is CCCCn1c(CC)nc2oc3cc(OC)ccc3c(=O)c2c1=O. The zero-order valence-corrected chi connectivity index (χ0v) is 14.1. The minimum Gasteiger partial charge on any atom is -0.497 e. The van der Waals surface area contributed by atoms with Crippen molar-refractivity contribution in [2.75, 3.05) is 7.11 Å². The number of aryl methyl sites for hydroxylation is 1. The van der Waals surface area contributed by atoms with Gasteiger partial charge in [-0.25, -0.2) is 0 Å². The van der Waals surface area contributed by atoms with Crippen LogP contribution in [0.4, 0.5) is 0 Å². The lowest BCUT2D eigenvalue weighted by atomic mass is 10.2. The summed E-state index contributed by atoms with van der Waals surface area (Å²) in [6.07, 6.45) is 2.41. The summed E-state index contributed by atoms with van der Waals surface area (Å²) in [7, 11) is 1.54. The van der Waals surface area contributed by atoms with Gasteiger partial charge in [-0.15, -0.1) is 0 Å². The third-order valence-electron chi connectivity index (χ3n) is 4.13. The number of aromatic nitrogens is 2. The molecule has 0 N–H and O–H groups in total. The maximum atomic E-state index is 12.8. The molecule has 2 aromatic heterocycles. The number of nitrogens with zero attached hydrogens (tertiary/aromatic N) is 2. The number of benzene rings is 1. The van der Waals surface area contributed by atoms with E-state index in [4.69, 9.17) is 9.15 Å². The number of ether oxygens (including phenoxy) is 1. The van der Waals surface area contributed by atoms with Crippen LogP contribution in [0.25, 0.3) is 22.1 Å².